The van der Waals surface area contributed by atoms with Crippen LogP contribution in [0.15, 0.2) is 0 Å². The topological polar surface area (TPSA) is 214 Å². The summed E-state index contributed by atoms with van der Waals surface area (Å²) in [4.78, 5) is 56.7. The number of hydrogen-bond donors (Lipinski definition) is 4. The van der Waals surface area contributed by atoms with Crippen LogP contribution in [0, 0.1) is 0 Å². The summed E-state index contributed by atoms with van der Waals surface area (Å²) < 4.78 is 44.3. The molecule has 0 bridgehead atoms. The van der Waals surface area contributed by atoms with Gasteiger partial charge in [-0.2, -0.15) is 0 Å². The fraction of sp³-hybridized carbons (Fsp3) is 0.960. The van der Waals surface area contributed by atoms with Gasteiger partial charge in [-0.3, -0.25) is 19.2 Å². The van der Waals surface area contributed by atoms with Crippen LogP contribution in [0.5, 0.6) is 0 Å². The third kappa shape index (κ3) is 62.4. The average molecular weight is 1630 g/mol. The molecule has 15 nitrogen and oxygen atoms in total. The fourth-order valence-corrected chi connectivity index (χ4v) is 17.2. The number of aliphatic hydroxyl groups excluding tert-OH is 4. The molecule has 2 rings (SSSR count). The molecular formula is C100H190O15. The molecule has 0 unspecified atom stereocenters. The molecule has 2 heterocycles. The van der Waals surface area contributed by atoms with Crippen LogP contribution in [0.1, 0.15) is 541 Å². The fourth-order valence-electron chi connectivity index (χ4n) is 17.2. The smallest absolute Gasteiger partial charge is 0.306 e. The van der Waals surface area contributed by atoms with Crippen LogP contribution in [-0.2, 0) is 52.3 Å². The summed E-state index contributed by atoms with van der Waals surface area (Å²) in [6, 6.07) is 0. The first-order valence-corrected chi connectivity index (χ1v) is 50.8. The van der Waals surface area contributed by atoms with E-state index in [9.17, 15) is 39.6 Å². The average Bonchev–Trinajstić information content (AvgIpc) is 1.60. The van der Waals surface area contributed by atoms with Crippen LogP contribution in [0.2, 0.25) is 0 Å². The largest absolute Gasteiger partial charge is 0.463 e. The molecule has 0 aromatic heterocycles. The van der Waals surface area contributed by atoms with Crippen molar-refractivity contribution in [3.8, 4) is 0 Å². The molecule has 0 saturated carbocycles. The molecule has 4 N–H and O–H groups in total. The van der Waals surface area contributed by atoms with Gasteiger partial charge in [0.2, 0.25) is 5.79 Å². The van der Waals surface area contributed by atoms with Crippen molar-refractivity contribution >= 4 is 23.9 Å². The summed E-state index contributed by atoms with van der Waals surface area (Å²) in [5.41, 5.74) is 0. The van der Waals surface area contributed by atoms with E-state index in [1.807, 2.05) is 0 Å². The summed E-state index contributed by atoms with van der Waals surface area (Å²) in [7, 11) is 0. The zero-order valence-corrected chi connectivity index (χ0v) is 76.1. The van der Waals surface area contributed by atoms with Gasteiger partial charge in [0.15, 0.2) is 18.5 Å². The Bertz CT molecular complexity index is 2110. The van der Waals surface area contributed by atoms with Crippen molar-refractivity contribution in [2.75, 3.05) is 19.8 Å². The molecule has 2 fully saturated rings. The Kier molecular flexibility index (Phi) is 76.8. The number of carbonyl (C=O) groups excluding carboxylic acids is 4. The van der Waals surface area contributed by atoms with Gasteiger partial charge in [-0.15, -0.1) is 0 Å². The highest BCUT2D eigenvalue weighted by molar-refractivity contribution is 5.71. The Hall–Kier alpha value is -2.40. The van der Waals surface area contributed by atoms with Crippen LogP contribution in [-0.4, -0.2) is 119 Å². The van der Waals surface area contributed by atoms with Gasteiger partial charge in [-0.25, -0.2) is 0 Å². The second-order valence-corrected chi connectivity index (χ2v) is 35.9. The van der Waals surface area contributed by atoms with E-state index in [0.29, 0.717) is 25.7 Å². The SMILES string of the molecule is CCCCCCCCCCCCCCCCCCCCCC(=O)OC[C@H]1O[C@@](COC(=O)CCCCCCCCCCCCCCCCCCCCC)(O[C@H]2O[C@H](CO)[C@@H](O)[C@H](O)[C@H]2O)[C@@H](OC(=O)CCCCCCCCCCCCCCCCCCCCC)[C@@H]1OC(=O)CCCCCCCCCCCCCCCCCCCCC. The molecule has 0 aromatic carbocycles. The molecule has 2 aliphatic heterocycles. The summed E-state index contributed by atoms with van der Waals surface area (Å²) in [6.07, 6.45) is 80.0. The van der Waals surface area contributed by atoms with Crippen molar-refractivity contribution in [3.63, 3.8) is 0 Å². The molecule has 15 heteroatoms. The summed E-state index contributed by atoms with van der Waals surface area (Å²) in [5.74, 6) is -4.69. The van der Waals surface area contributed by atoms with Gasteiger partial charge in [0.1, 0.15) is 43.7 Å². The molecule has 0 amide bonds. The van der Waals surface area contributed by atoms with E-state index in [-0.39, 0.29) is 25.7 Å². The van der Waals surface area contributed by atoms with Crippen molar-refractivity contribution < 1.29 is 72.8 Å². The molecule has 9 atom stereocenters. The van der Waals surface area contributed by atoms with Crippen LogP contribution in [0.3, 0.4) is 0 Å². The van der Waals surface area contributed by atoms with E-state index in [1.54, 1.807) is 0 Å². The molecule has 0 aromatic rings. The summed E-state index contributed by atoms with van der Waals surface area (Å²) in [6.45, 7) is 7.14. The number of esters is 4. The van der Waals surface area contributed by atoms with Crippen LogP contribution >= 0.6 is 0 Å². The first kappa shape index (κ1) is 109. The number of rotatable bonds is 89. The first-order valence-electron chi connectivity index (χ1n) is 50.8. The quantitative estimate of drug-likeness (QED) is 0.0253. The standard InChI is InChI=1S/C100H190O15/c1-5-9-13-17-21-25-29-33-37-41-45-49-53-57-61-65-69-73-77-81-90(102)109-86-89-97(112-92(104)83-79-75-71-67-63-59-55-51-47-43-39-35-31-27-23-19-15-11-7-3)98(113-93(105)84-80-76-72-68-64-60-56-52-48-44-40-36-32-28-24-20-16-12-8-4)100(114-89,115-99-96(108)95(107)94(106)88(85-101)111-99)87-110-91(103)82-78-74-70-66-62-58-54-50-46-42-38-34-30-26-22-18-14-10-6-2/h88-89,94-99,101,106-108H,5-87H2,1-4H3/t88-,89-,94-,95+,96-,97-,98+,99-,100+/m1/s1. The Balaban J connectivity index is 2.24. The van der Waals surface area contributed by atoms with E-state index < -0.39 is 98.5 Å². The van der Waals surface area contributed by atoms with Gasteiger partial charge in [0.05, 0.1) is 6.61 Å². The molecular weight excluding hydrogens is 1440 g/mol. The normalized spacial score (nSPS) is 19.5. The molecule has 2 aliphatic rings. The van der Waals surface area contributed by atoms with Crippen molar-refractivity contribution in [3.05, 3.63) is 0 Å². The zero-order chi connectivity index (χ0) is 83.1. The van der Waals surface area contributed by atoms with Gasteiger partial charge < -0.3 is 53.6 Å². The highest BCUT2D eigenvalue weighted by Crippen LogP contribution is 2.41. The molecule has 0 radical (unpaired) electrons. The predicted molar refractivity (Wildman–Crippen MR) is 476 cm³/mol. The number of unbranched alkanes of at least 4 members (excludes halogenated alkanes) is 72. The highest BCUT2D eigenvalue weighted by Gasteiger charge is 2.64. The molecule has 0 spiro atoms. The van der Waals surface area contributed by atoms with Crippen molar-refractivity contribution in [2.24, 2.45) is 0 Å². The number of hydrogen-bond acceptors (Lipinski definition) is 15. The molecule has 0 aliphatic carbocycles. The van der Waals surface area contributed by atoms with E-state index >= 15 is 0 Å². The summed E-state index contributed by atoms with van der Waals surface area (Å²) >= 11 is 0. The maximum Gasteiger partial charge on any atom is 0.306 e. The van der Waals surface area contributed by atoms with Crippen molar-refractivity contribution in [2.45, 2.75) is 596 Å². The zero-order valence-electron chi connectivity index (χ0n) is 76.1. The second kappa shape index (κ2) is 81.3. The van der Waals surface area contributed by atoms with Gasteiger partial charge in [0.25, 0.3) is 0 Å². The third-order valence-electron chi connectivity index (χ3n) is 24.9. The highest BCUT2D eigenvalue weighted by atomic mass is 16.8. The maximum atomic E-state index is 14.5. The summed E-state index contributed by atoms with van der Waals surface area (Å²) in [5, 5.41) is 44.1. The lowest BCUT2D eigenvalue weighted by Crippen LogP contribution is -2.63. The first-order chi connectivity index (χ1) is 56.5. The monoisotopic (exact) mass is 1630 g/mol. The Morgan fingerprint density at radius 1 is 0.270 bits per heavy atom. The van der Waals surface area contributed by atoms with E-state index in [2.05, 4.69) is 27.7 Å². The van der Waals surface area contributed by atoms with Crippen molar-refractivity contribution in [1.82, 2.24) is 0 Å². The second-order valence-electron chi connectivity index (χ2n) is 35.9. The number of ether oxygens (including phenoxy) is 7. The minimum Gasteiger partial charge on any atom is -0.463 e. The maximum absolute atomic E-state index is 14.5. The van der Waals surface area contributed by atoms with Crippen LogP contribution in [0.25, 0.3) is 0 Å². The minimum absolute atomic E-state index is 0.00376. The third-order valence-corrected chi connectivity index (χ3v) is 24.9. The lowest BCUT2D eigenvalue weighted by molar-refractivity contribution is -0.384. The van der Waals surface area contributed by atoms with Crippen LogP contribution < -0.4 is 0 Å². The van der Waals surface area contributed by atoms with Crippen molar-refractivity contribution in [1.29, 1.82) is 0 Å². The lowest BCUT2D eigenvalue weighted by atomic mass is 9.98. The van der Waals surface area contributed by atoms with Gasteiger partial charge >= 0.3 is 23.9 Å². The molecule has 115 heavy (non-hydrogen) atoms. The Morgan fingerprint density at radius 2 is 0.496 bits per heavy atom. The van der Waals surface area contributed by atoms with E-state index in [4.69, 9.17) is 33.2 Å². The van der Waals surface area contributed by atoms with Gasteiger partial charge in [-0.05, 0) is 25.7 Å². The molecule has 2 saturated heterocycles. The van der Waals surface area contributed by atoms with E-state index in [1.165, 1.54) is 366 Å². The molecule has 680 valence electrons. The lowest BCUT2D eigenvalue weighted by Gasteiger charge is -2.43. The minimum atomic E-state index is -2.39. The number of aliphatic hydroxyl groups is 4. The Labute approximate surface area is 708 Å². The number of carbonyl (C=O) groups is 4. The predicted octanol–water partition coefficient (Wildman–Crippen LogP) is 28.1. The van der Waals surface area contributed by atoms with Crippen LogP contribution in [0.4, 0.5) is 0 Å². The Morgan fingerprint density at radius 3 is 0.748 bits per heavy atom. The van der Waals surface area contributed by atoms with E-state index in [0.717, 1.165) is 96.3 Å². The van der Waals surface area contributed by atoms with Gasteiger partial charge in [-0.1, -0.05) is 490 Å². The van der Waals surface area contributed by atoms with Gasteiger partial charge in [0, 0.05) is 25.7 Å².